The van der Waals surface area contributed by atoms with Crippen LogP contribution in [-0.2, 0) is 6.61 Å². The number of halogens is 1. The maximum Gasteiger partial charge on any atom is 0.228 e. The molecule has 0 radical (unpaired) electrons. The minimum absolute atomic E-state index is 0.524. The lowest BCUT2D eigenvalue weighted by Crippen LogP contribution is -2.14. The highest BCUT2D eigenvalue weighted by atomic mass is 79.9. The van der Waals surface area contributed by atoms with E-state index >= 15 is 0 Å². The maximum absolute atomic E-state index is 5.75. The normalized spacial score (nSPS) is 11.0. The standard InChI is InChI=1S/C15H18BrN3OS/c1-4-19(3)10-17-14-7-13(16)15(18-11(14)2)20-8-12-5-6-21-9-12/h5-7,9-10H,4,8H2,1-3H3. The number of aliphatic imine (C=N–C) groups is 1. The third kappa shape index (κ3) is 4.54. The highest BCUT2D eigenvalue weighted by Gasteiger charge is 2.08. The summed E-state index contributed by atoms with van der Waals surface area (Å²) in [6.07, 6.45) is 1.81. The number of pyridine rings is 1. The van der Waals surface area contributed by atoms with Gasteiger partial charge in [0, 0.05) is 19.2 Å². The van der Waals surface area contributed by atoms with E-state index < -0.39 is 0 Å². The van der Waals surface area contributed by atoms with Crippen LogP contribution in [0.2, 0.25) is 0 Å². The van der Waals surface area contributed by atoms with E-state index in [2.05, 4.69) is 38.2 Å². The van der Waals surface area contributed by atoms with Gasteiger partial charge >= 0.3 is 0 Å². The zero-order valence-corrected chi connectivity index (χ0v) is 14.7. The number of hydrogen-bond acceptors (Lipinski definition) is 4. The van der Waals surface area contributed by atoms with Crippen LogP contribution >= 0.6 is 27.3 Å². The highest BCUT2D eigenvalue weighted by molar-refractivity contribution is 9.10. The summed E-state index contributed by atoms with van der Waals surface area (Å²) in [4.78, 5) is 10.9. The molecule has 0 saturated carbocycles. The fourth-order valence-electron chi connectivity index (χ4n) is 1.55. The minimum atomic E-state index is 0.524. The van der Waals surface area contributed by atoms with E-state index in [0.717, 1.165) is 28.0 Å². The second-order valence-corrected chi connectivity index (χ2v) is 6.25. The Labute approximate surface area is 137 Å². The SMILES string of the molecule is CCN(C)C=Nc1cc(Br)c(OCc2ccsc2)nc1C. The molecule has 2 aromatic rings. The molecule has 0 aliphatic carbocycles. The predicted molar refractivity (Wildman–Crippen MR) is 91.8 cm³/mol. The van der Waals surface area contributed by atoms with Gasteiger partial charge < -0.3 is 9.64 Å². The van der Waals surface area contributed by atoms with E-state index in [9.17, 15) is 0 Å². The maximum atomic E-state index is 5.75. The van der Waals surface area contributed by atoms with Crippen LogP contribution in [0.25, 0.3) is 0 Å². The molecule has 2 aromatic heterocycles. The summed E-state index contributed by atoms with van der Waals surface area (Å²) in [5.74, 6) is 0.599. The van der Waals surface area contributed by atoms with Gasteiger partial charge in [-0.15, -0.1) is 0 Å². The van der Waals surface area contributed by atoms with Gasteiger partial charge in [-0.1, -0.05) is 0 Å². The molecule has 0 fully saturated rings. The molecule has 0 aliphatic rings. The molecule has 112 valence electrons. The van der Waals surface area contributed by atoms with Crippen molar-refractivity contribution in [1.82, 2.24) is 9.88 Å². The molecule has 2 rings (SSSR count). The van der Waals surface area contributed by atoms with Gasteiger partial charge in [-0.2, -0.15) is 11.3 Å². The van der Waals surface area contributed by atoms with Gasteiger partial charge in [0.1, 0.15) is 6.61 Å². The van der Waals surface area contributed by atoms with Gasteiger partial charge in [0.05, 0.1) is 22.2 Å². The molecule has 0 bridgehead atoms. The van der Waals surface area contributed by atoms with Crippen molar-refractivity contribution in [3.63, 3.8) is 0 Å². The molecule has 0 spiro atoms. The third-order valence-electron chi connectivity index (χ3n) is 2.96. The summed E-state index contributed by atoms with van der Waals surface area (Å²) in [5, 5.41) is 4.11. The van der Waals surface area contributed by atoms with Crippen molar-refractivity contribution in [1.29, 1.82) is 0 Å². The van der Waals surface area contributed by atoms with E-state index in [4.69, 9.17) is 4.74 Å². The first-order chi connectivity index (χ1) is 10.1. The molecular weight excluding hydrogens is 350 g/mol. The summed E-state index contributed by atoms with van der Waals surface area (Å²) in [7, 11) is 1.99. The highest BCUT2D eigenvalue weighted by Crippen LogP contribution is 2.30. The molecule has 0 amide bonds. The molecular formula is C15H18BrN3OS. The fraction of sp³-hybridized carbons (Fsp3) is 0.333. The smallest absolute Gasteiger partial charge is 0.228 e. The average molecular weight is 368 g/mol. The second-order valence-electron chi connectivity index (χ2n) is 4.62. The molecule has 0 atom stereocenters. The Morgan fingerprint density at radius 2 is 2.33 bits per heavy atom. The van der Waals surface area contributed by atoms with Crippen LogP contribution < -0.4 is 4.74 Å². The van der Waals surface area contributed by atoms with Crippen molar-refractivity contribution >= 4 is 39.3 Å². The van der Waals surface area contributed by atoms with Crippen LogP contribution in [0.15, 0.2) is 32.4 Å². The summed E-state index contributed by atoms with van der Waals surface area (Å²) >= 11 is 5.16. The summed E-state index contributed by atoms with van der Waals surface area (Å²) in [6.45, 7) is 5.45. The van der Waals surface area contributed by atoms with E-state index in [-0.39, 0.29) is 0 Å². The zero-order valence-electron chi connectivity index (χ0n) is 12.3. The zero-order chi connectivity index (χ0) is 15.2. The number of nitrogens with zero attached hydrogens (tertiary/aromatic N) is 3. The monoisotopic (exact) mass is 367 g/mol. The molecule has 0 N–H and O–H groups in total. The van der Waals surface area contributed by atoms with Crippen molar-refractivity contribution in [2.75, 3.05) is 13.6 Å². The topological polar surface area (TPSA) is 37.7 Å². The first-order valence-electron chi connectivity index (χ1n) is 6.65. The molecule has 0 saturated heterocycles. The van der Waals surface area contributed by atoms with E-state index in [1.807, 2.05) is 42.7 Å². The van der Waals surface area contributed by atoms with Crippen molar-refractivity contribution < 1.29 is 4.74 Å². The number of rotatable bonds is 6. The number of thiophene rings is 1. The fourth-order valence-corrected chi connectivity index (χ4v) is 2.62. The number of hydrogen-bond donors (Lipinski definition) is 0. The van der Waals surface area contributed by atoms with E-state index in [1.165, 1.54) is 0 Å². The Kier molecular flexibility index (Phi) is 5.76. The van der Waals surface area contributed by atoms with Crippen molar-refractivity contribution in [2.24, 2.45) is 4.99 Å². The number of ether oxygens (including phenoxy) is 1. The van der Waals surface area contributed by atoms with Gasteiger partial charge in [-0.3, -0.25) is 0 Å². The molecule has 21 heavy (non-hydrogen) atoms. The van der Waals surface area contributed by atoms with Crippen molar-refractivity contribution in [3.8, 4) is 5.88 Å². The minimum Gasteiger partial charge on any atom is -0.472 e. The lowest BCUT2D eigenvalue weighted by molar-refractivity contribution is 0.292. The Morgan fingerprint density at radius 1 is 1.52 bits per heavy atom. The van der Waals surface area contributed by atoms with Crippen molar-refractivity contribution in [3.05, 3.63) is 38.6 Å². The average Bonchev–Trinajstić information content (AvgIpc) is 2.99. The molecule has 6 heteroatoms. The van der Waals surface area contributed by atoms with E-state index in [0.29, 0.717) is 12.5 Å². The first kappa shape index (κ1) is 16.0. The van der Waals surface area contributed by atoms with Gasteiger partial charge in [-0.05, 0) is 52.7 Å². The summed E-state index contributed by atoms with van der Waals surface area (Å²) in [6, 6.07) is 3.98. The third-order valence-corrected chi connectivity index (χ3v) is 4.26. The van der Waals surface area contributed by atoms with Crippen LogP contribution in [-0.4, -0.2) is 29.8 Å². The quantitative estimate of drug-likeness (QED) is 0.560. The Hall–Kier alpha value is -1.40. The lowest BCUT2D eigenvalue weighted by atomic mass is 10.3. The Morgan fingerprint density at radius 3 is 3.00 bits per heavy atom. The Balaban J connectivity index is 2.11. The van der Waals surface area contributed by atoms with Crippen LogP contribution in [0.1, 0.15) is 18.2 Å². The molecule has 0 unspecified atom stereocenters. The lowest BCUT2D eigenvalue weighted by Gasteiger charge is -2.11. The molecule has 0 aromatic carbocycles. The predicted octanol–water partition coefficient (Wildman–Crippen LogP) is 4.40. The van der Waals surface area contributed by atoms with Crippen molar-refractivity contribution in [2.45, 2.75) is 20.5 Å². The largest absolute Gasteiger partial charge is 0.472 e. The van der Waals surface area contributed by atoms with Gasteiger partial charge in [0.2, 0.25) is 5.88 Å². The molecule has 2 heterocycles. The Bertz CT molecular complexity index is 614. The van der Waals surface area contributed by atoms with Crippen LogP contribution in [0.4, 0.5) is 5.69 Å². The molecule has 0 aliphatic heterocycles. The summed E-state index contributed by atoms with van der Waals surface area (Å²) < 4.78 is 6.56. The molecule has 4 nitrogen and oxygen atoms in total. The van der Waals surface area contributed by atoms with Gasteiger partial charge in [0.25, 0.3) is 0 Å². The second kappa shape index (κ2) is 7.56. The first-order valence-corrected chi connectivity index (χ1v) is 8.39. The number of aromatic nitrogens is 1. The van der Waals surface area contributed by atoms with Crippen LogP contribution in [0, 0.1) is 6.92 Å². The van der Waals surface area contributed by atoms with Crippen LogP contribution in [0.3, 0.4) is 0 Å². The van der Waals surface area contributed by atoms with Gasteiger partial charge in [0.15, 0.2) is 0 Å². The number of aryl methyl sites for hydroxylation is 1. The van der Waals surface area contributed by atoms with E-state index in [1.54, 1.807) is 11.3 Å². The summed E-state index contributed by atoms with van der Waals surface area (Å²) in [5.41, 5.74) is 2.84. The van der Waals surface area contributed by atoms with Crippen LogP contribution in [0.5, 0.6) is 5.88 Å². The van der Waals surface area contributed by atoms with Gasteiger partial charge in [-0.25, -0.2) is 9.98 Å².